The summed E-state index contributed by atoms with van der Waals surface area (Å²) in [5.74, 6) is -2.06. The van der Waals surface area contributed by atoms with Crippen LogP contribution in [0.25, 0.3) is 0 Å². The number of hydrazine groups is 1. The van der Waals surface area contributed by atoms with E-state index >= 15 is 0 Å². The van der Waals surface area contributed by atoms with E-state index < -0.39 is 38.7 Å². The van der Waals surface area contributed by atoms with Gasteiger partial charge in [-0.3, -0.25) is 30.6 Å². The van der Waals surface area contributed by atoms with E-state index in [0.29, 0.717) is 5.02 Å². The van der Waals surface area contributed by atoms with E-state index in [-0.39, 0.29) is 16.1 Å². The van der Waals surface area contributed by atoms with Crippen LogP contribution in [0.3, 0.4) is 0 Å². The number of halogens is 1. The second kappa shape index (κ2) is 9.65. The van der Waals surface area contributed by atoms with Crippen LogP contribution in [-0.2, 0) is 14.8 Å². The molecule has 1 atom stereocenters. The Hall–Kier alpha value is -3.02. The van der Waals surface area contributed by atoms with Gasteiger partial charge in [-0.2, -0.15) is 4.72 Å². The molecule has 0 saturated carbocycles. The lowest BCUT2D eigenvalue weighted by Crippen LogP contribution is -2.54. The molecule has 12 heteroatoms. The lowest BCUT2D eigenvalue weighted by molar-refractivity contribution is -0.384. The number of hydrogen-bond acceptors (Lipinski definition) is 6. The van der Waals surface area contributed by atoms with Crippen molar-refractivity contribution in [2.24, 2.45) is 5.92 Å². The Kier molecular flexibility index (Phi) is 7.48. The lowest BCUT2D eigenvalue weighted by atomic mass is 10.1. The van der Waals surface area contributed by atoms with E-state index in [2.05, 4.69) is 15.6 Å². The maximum atomic E-state index is 12.5. The summed E-state index contributed by atoms with van der Waals surface area (Å²) in [4.78, 5) is 34.7. The summed E-state index contributed by atoms with van der Waals surface area (Å²) in [6.45, 7) is 3.24. The summed E-state index contributed by atoms with van der Waals surface area (Å²) in [5, 5.41) is 11.2. The van der Waals surface area contributed by atoms with Crippen LogP contribution in [0.15, 0.2) is 53.4 Å². The Morgan fingerprint density at radius 1 is 1.07 bits per heavy atom. The van der Waals surface area contributed by atoms with Crippen LogP contribution in [-0.4, -0.2) is 31.2 Å². The molecule has 3 N–H and O–H groups in total. The number of non-ortho nitro benzene ring substituents is 1. The number of nitro benzene ring substituents is 1. The Morgan fingerprint density at radius 2 is 1.70 bits per heavy atom. The van der Waals surface area contributed by atoms with Gasteiger partial charge >= 0.3 is 0 Å². The summed E-state index contributed by atoms with van der Waals surface area (Å²) in [6.07, 6.45) is 0. The van der Waals surface area contributed by atoms with Gasteiger partial charge in [-0.05, 0) is 36.2 Å². The molecule has 2 rings (SSSR count). The van der Waals surface area contributed by atoms with Gasteiger partial charge in [-0.25, -0.2) is 8.42 Å². The fourth-order valence-electron chi connectivity index (χ4n) is 2.37. The van der Waals surface area contributed by atoms with Gasteiger partial charge < -0.3 is 0 Å². The maximum Gasteiger partial charge on any atom is 0.270 e. The summed E-state index contributed by atoms with van der Waals surface area (Å²) in [7, 11) is -4.03. The predicted molar refractivity (Wildman–Crippen MR) is 109 cm³/mol. The molecule has 0 saturated heterocycles. The second-order valence-electron chi connectivity index (χ2n) is 6.55. The number of amides is 2. The van der Waals surface area contributed by atoms with Gasteiger partial charge in [-0.15, -0.1) is 0 Å². The molecular weight excluding hydrogens is 436 g/mol. The van der Waals surface area contributed by atoms with Crippen LogP contribution in [0.2, 0.25) is 5.02 Å². The van der Waals surface area contributed by atoms with Gasteiger partial charge in [0.05, 0.1) is 9.82 Å². The summed E-state index contributed by atoms with van der Waals surface area (Å²) in [5.41, 5.74) is 3.92. The van der Waals surface area contributed by atoms with Crippen molar-refractivity contribution in [3.63, 3.8) is 0 Å². The fraction of sp³-hybridized carbons (Fsp3) is 0.222. The molecule has 0 fully saturated rings. The number of rotatable bonds is 7. The van der Waals surface area contributed by atoms with E-state index in [1.807, 2.05) is 0 Å². The number of nitrogens with zero attached hydrogens (tertiary/aromatic N) is 1. The first-order valence-electron chi connectivity index (χ1n) is 8.64. The molecule has 0 aliphatic carbocycles. The average molecular weight is 455 g/mol. The minimum Gasteiger partial charge on any atom is -0.271 e. The molecule has 2 aromatic carbocycles. The van der Waals surface area contributed by atoms with E-state index in [4.69, 9.17) is 11.6 Å². The first-order chi connectivity index (χ1) is 14.0. The number of benzene rings is 2. The average Bonchev–Trinajstić information content (AvgIpc) is 2.70. The molecule has 160 valence electrons. The Bertz CT molecular complexity index is 1060. The molecule has 0 spiro atoms. The number of sulfonamides is 1. The SMILES string of the molecule is CC(C)[C@H](NS(=O)(=O)c1ccc(Cl)cc1)C(=O)NNC(=O)c1cccc([N+](=O)[O-])c1. The number of nitro groups is 1. The van der Waals surface area contributed by atoms with Crippen LogP contribution in [0.5, 0.6) is 0 Å². The zero-order valence-corrected chi connectivity index (χ0v) is 17.5. The highest BCUT2D eigenvalue weighted by Gasteiger charge is 2.28. The van der Waals surface area contributed by atoms with Crippen molar-refractivity contribution in [3.05, 3.63) is 69.2 Å². The third kappa shape index (κ3) is 5.99. The first-order valence-corrected chi connectivity index (χ1v) is 10.5. The minimum atomic E-state index is -4.03. The Balaban J connectivity index is 2.08. The third-order valence-electron chi connectivity index (χ3n) is 3.97. The normalized spacial score (nSPS) is 12.3. The molecule has 30 heavy (non-hydrogen) atoms. The molecule has 2 aromatic rings. The van der Waals surface area contributed by atoms with Gasteiger partial charge in [0.15, 0.2) is 0 Å². The minimum absolute atomic E-state index is 0.0488. The van der Waals surface area contributed by atoms with Crippen molar-refractivity contribution < 1.29 is 22.9 Å². The van der Waals surface area contributed by atoms with Crippen LogP contribution in [0, 0.1) is 16.0 Å². The number of carbonyl (C=O) groups excluding carboxylic acids is 2. The molecule has 2 amide bonds. The monoisotopic (exact) mass is 454 g/mol. The zero-order chi connectivity index (χ0) is 22.5. The number of carbonyl (C=O) groups is 2. The summed E-state index contributed by atoms with van der Waals surface area (Å²) >= 11 is 5.76. The van der Waals surface area contributed by atoms with Crippen molar-refractivity contribution in [2.45, 2.75) is 24.8 Å². The molecule has 0 radical (unpaired) electrons. The van der Waals surface area contributed by atoms with Crippen LogP contribution >= 0.6 is 11.6 Å². The molecule has 0 aliphatic rings. The third-order valence-corrected chi connectivity index (χ3v) is 5.68. The van der Waals surface area contributed by atoms with Crippen molar-refractivity contribution in [1.29, 1.82) is 0 Å². The molecular formula is C18H19ClN4O6S. The maximum absolute atomic E-state index is 12.5. The van der Waals surface area contributed by atoms with Crippen molar-refractivity contribution in [2.75, 3.05) is 0 Å². The second-order valence-corrected chi connectivity index (χ2v) is 8.70. The Labute approximate surface area is 177 Å². The predicted octanol–water partition coefficient (Wildman–Crippen LogP) is 2.01. The van der Waals surface area contributed by atoms with Gasteiger partial charge in [0, 0.05) is 22.7 Å². The van der Waals surface area contributed by atoms with E-state index in [1.165, 1.54) is 42.5 Å². The first kappa shape index (κ1) is 23.3. The van der Waals surface area contributed by atoms with E-state index in [9.17, 15) is 28.1 Å². The van der Waals surface area contributed by atoms with Gasteiger partial charge in [0.2, 0.25) is 10.0 Å². The summed E-state index contributed by atoms with van der Waals surface area (Å²) in [6, 6.07) is 9.12. The van der Waals surface area contributed by atoms with Crippen molar-refractivity contribution in [1.82, 2.24) is 15.6 Å². The molecule has 10 nitrogen and oxygen atoms in total. The van der Waals surface area contributed by atoms with Gasteiger partial charge in [0.25, 0.3) is 17.5 Å². The van der Waals surface area contributed by atoms with Crippen molar-refractivity contribution in [3.8, 4) is 0 Å². The highest BCUT2D eigenvalue weighted by molar-refractivity contribution is 7.89. The quantitative estimate of drug-likeness (QED) is 0.430. The van der Waals surface area contributed by atoms with Gasteiger partial charge in [-0.1, -0.05) is 31.5 Å². The highest BCUT2D eigenvalue weighted by atomic mass is 35.5. The fourth-order valence-corrected chi connectivity index (χ4v) is 3.84. The van der Waals surface area contributed by atoms with Crippen LogP contribution < -0.4 is 15.6 Å². The van der Waals surface area contributed by atoms with Gasteiger partial charge in [0.1, 0.15) is 6.04 Å². The largest absolute Gasteiger partial charge is 0.271 e. The topological polar surface area (TPSA) is 148 Å². The van der Waals surface area contributed by atoms with E-state index in [0.717, 1.165) is 6.07 Å². The molecule has 0 aromatic heterocycles. The Morgan fingerprint density at radius 3 is 2.27 bits per heavy atom. The van der Waals surface area contributed by atoms with Crippen LogP contribution in [0.4, 0.5) is 5.69 Å². The smallest absolute Gasteiger partial charge is 0.270 e. The highest BCUT2D eigenvalue weighted by Crippen LogP contribution is 2.16. The van der Waals surface area contributed by atoms with Crippen molar-refractivity contribution >= 4 is 39.1 Å². The molecule has 0 bridgehead atoms. The summed E-state index contributed by atoms with van der Waals surface area (Å²) < 4.78 is 27.4. The molecule has 0 aliphatic heterocycles. The van der Waals surface area contributed by atoms with E-state index in [1.54, 1.807) is 13.8 Å². The zero-order valence-electron chi connectivity index (χ0n) is 16.0. The number of nitrogens with one attached hydrogen (secondary N) is 3. The number of hydrogen-bond donors (Lipinski definition) is 3. The molecule has 0 unspecified atom stereocenters. The molecule has 0 heterocycles. The van der Waals surface area contributed by atoms with Crippen LogP contribution in [0.1, 0.15) is 24.2 Å². The standard InChI is InChI=1S/C18H19ClN4O6S/c1-11(2)16(22-30(28,29)15-8-6-13(19)7-9-15)18(25)21-20-17(24)12-4-3-5-14(10-12)23(26)27/h3-11,16,22H,1-2H3,(H,20,24)(H,21,25)/t16-/m0/s1. The lowest BCUT2D eigenvalue weighted by Gasteiger charge is -2.21.